The number of hydrogen-bond donors (Lipinski definition) is 0. The number of carbonyl (C=O) groups excluding carboxylic acids is 1. The Hall–Kier alpha value is -3.41. The van der Waals surface area contributed by atoms with Gasteiger partial charge in [-0.25, -0.2) is 0 Å². The first-order valence-corrected chi connectivity index (χ1v) is 8.46. The molecule has 0 saturated carbocycles. The normalized spacial score (nSPS) is 11.8. The van der Waals surface area contributed by atoms with Crippen molar-refractivity contribution in [3.05, 3.63) is 81.9 Å². The van der Waals surface area contributed by atoms with E-state index in [0.29, 0.717) is 5.56 Å². The Bertz CT molecular complexity index is 999. The summed E-state index contributed by atoms with van der Waals surface area (Å²) in [6.45, 7) is 1.62. The molecule has 0 aliphatic heterocycles. The van der Waals surface area contributed by atoms with Crippen LogP contribution in [0.25, 0.3) is 10.8 Å². The molecule has 0 aliphatic rings. The Morgan fingerprint density at radius 2 is 1.78 bits per heavy atom. The van der Waals surface area contributed by atoms with Crippen LogP contribution in [0.1, 0.15) is 24.0 Å². The molecule has 3 aromatic rings. The van der Waals surface area contributed by atoms with Crippen molar-refractivity contribution in [2.45, 2.75) is 19.4 Å². The number of nitro groups is 1. The average molecular weight is 365 g/mol. The third-order valence-corrected chi connectivity index (χ3v) is 4.48. The minimum absolute atomic E-state index is 0.0578. The summed E-state index contributed by atoms with van der Waals surface area (Å²) in [7, 11) is 1.62. The van der Waals surface area contributed by atoms with Crippen LogP contribution in [-0.4, -0.2) is 18.0 Å². The fourth-order valence-electron chi connectivity index (χ4n) is 2.86. The van der Waals surface area contributed by atoms with E-state index in [2.05, 4.69) is 0 Å². The highest BCUT2D eigenvalue weighted by Crippen LogP contribution is 2.26. The second kappa shape index (κ2) is 7.86. The molecule has 27 heavy (non-hydrogen) atoms. The van der Waals surface area contributed by atoms with Gasteiger partial charge in [-0.1, -0.05) is 36.4 Å². The van der Waals surface area contributed by atoms with Crippen molar-refractivity contribution in [2.75, 3.05) is 7.11 Å². The largest absolute Gasteiger partial charge is 0.497 e. The number of benzene rings is 3. The zero-order valence-electron chi connectivity index (χ0n) is 15.0. The van der Waals surface area contributed by atoms with Gasteiger partial charge in [-0.2, -0.15) is 0 Å². The molecule has 0 aromatic heterocycles. The molecule has 0 heterocycles. The van der Waals surface area contributed by atoms with Gasteiger partial charge in [0.05, 0.1) is 23.5 Å². The lowest BCUT2D eigenvalue weighted by Crippen LogP contribution is -2.13. The summed E-state index contributed by atoms with van der Waals surface area (Å²) in [5.74, 6) is -0.146. The van der Waals surface area contributed by atoms with Gasteiger partial charge >= 0.3 is 5.97 Å². The van der Waals surface area contributed by atoms with Gasteiger partial charge in [0.25, 0.3) is 5.69 Å². The van der Waals surface area contributed by atoms with Gasteiger partial charge in [0, 0.05) is 6.07 Å². The monoisotopic (exact) mass is 365 g/mol. The minimum Gasteiger partial charge on any atom is -0.497 e. The highest BCUT2D eigenvalue weighted by Gasteiger charge is 2.19. The summed E-state index contributed by atoms with van der Waals surface area (Å²) < 4.78 is 10.5. The van der Waals surface area contributed by atoms with Crippen LogP contribution in [0.4, 0.5) is 5.69 Å². The van der Waals surface area contributed by atoms with Crippen LogP contribution in [0, 0.1) is 10.1 Å². The molecular weight excluding hydrogens is 346 g/mol. The summed E-state index contributed by atoms with van der Waals surface area (Å²) in [5, 5.41) is 13.1. The van der Waals surface area contributed by atoms with Crippen LogP contribution in [0.5, 0.6) is 5.75 Å². The molecule has 3 aromatic carbocycles. The van der Waals surface area contributed by atoms with E-state index in [9.17, 15) is 14.9 Å². The quantitative estimate of drug-likeness (QED) is 0.362. The summed E-state index contributed by atoms with van der Waals surface area (Å²) in [6, 6.07) is 17.7. The fraction of sp³-hybridized carbons (Fsp3) is 0.190. The van der Waals surface area contributed by atoms with Crippen molar-refractivity contribution in [1.29, 1.82) is 0 Å². The SMILES string of the molecule is COc1ccc2cc([C@H](C)C(=O)OCc3ccccc3[N+](=O)[O-])ccc2c1. The Kier molecular flexibility index (Phi) is 5.35. The van der Waals surface area contributed by atoms with E-state index in [1.165, 1.54) is 6.07 Å². The van der Waals surface area contributed by atoms with Gasteiger partial charge in [0.2, 0.25) is 0 Å². The second-order valence-electron chi connectivity index (χ2n) is 6.19. The standard InChI is InChI=1S/C21H19NO5/c1-14(15-7-8-17-12-19(26-2)10-9-16(17)11-15)21(23)27-13-18-5-3-4-6-20(18)22(24)25/h3-12,14H,13H2,1-2H3/t14-/m0/s1. The van der Waals surface area contributed by atoms with Crippen molar-refractivity contribution < 1.29 is 19.2 Å². The van der Waals surface area contributed by atoms with Crippen molar-refractivity contribution in [2.24, 2.45) is 0 Å². The van der Waals surface area contributed by atoms with Gasteiger partial charge in [-0.15, -0.1) is 0 Å². The molecule has 0 N–H and O–H groups in total. The van der Waals surface area contributed by atoms with Crippen molar-refractivity contribution in [1.82, 2.24) is 0 Å². The molecule has 0 spiro atoms. The molecule has 0 radical (unpaired) electrons. The molecular formula is C21H19NO5. The second-order valence-corrected chi connectivity index (χ2v) is 6.19. The molecule has 0 saturated heterocycles. The van der Waals surface area contributed by atoms with Crippen molar-refractivity contribution in [3.8, 4) is 5.75 Å². The minimum atomic E-state index is -0.487. The topological polar surface area (TPSA) is 78.7 Å². The first-order chi connectivity index (χ1) is 13.0. The van der Waals surface area contributed by atoms with Gasteiger partial charge in [0.1, 0.15) is 12.4 Å². The van der Waals surface area contributed by atoms with Gasteiger partial charge < -0.3 is 9.47 Å². The third-order valence-electron chi connectivity index (χ3n) is 4.48. The highest BCUT2D eigenvalue weighted by molar-refractivity contribution is 5.86. The summed E-state index contributed by atoms with van der Waals surface area (Å²) >= 11 is 0. The number of esters is 1. The number of nitro benzene ring substituents is 1. The Morgan fingerprint density at radius 3 is 2.52 bits per heavy atom. The van der Waals surface area contributed by atoms with Crippen LogP contribution in [0.3, 0.4) is 0 Å². The zero-order chi connectivity index (χ0) is 19.4. The molecule has 6 heteroatoms. The van der Waals surface area contributed by atoms with E-state index >= 15 is 0 Å². The predicted molar refractivity (Wildman–Crippen MR) is 102 cm³/mol. The van der Waals surface area contributed by atoms with Crippen molar-refractivity contribution >= 4 is 22.4 Å². The van der Waals surface area contributed by atoms with Crippen LogP contribution in [0.15, 0.2) is 60.7 Å². The van der Waals surface area contributed by atoms with E-state index < -0.39 is 16.8 Å². The molecule has 0 amide bonds. The lowest BCUT2D eigenvalue weighted by atomic mass is 9.98. The number of hydrogen-bond acceptors (Lipinski definition) is 5. The number of methoxy groups -OCH3 is 1. The van der Waals surface area contributed by atoms with Crippen LogP contribution in [-0.2, 0) is 16.1 Å². The number of fused-ring (bicyclic) bond motifs is 1. The first kappa shape index (κ1) is 18.4. The van der Waals surface area contributed by atoms with Crippen LogP contribution >= 0.6 is 0 Å². The van der Waals surface area contributed by atoms with E-state index in [0.717, 1.165) is 22.1 Å². The molecule has 0 bridgehead atoms. The summed E-state index contributed by atoms with van der Waals surface area (Å²) in [6.07, 6.45) is 0. The number of para-hydroxylation sites is 1. The highest BCUT2D eigenvalue weighted by atomic mass is 16.6. The molecule has 1 atom stereocenters. The van der Waals surface area contributed by atoms with E-state index in [1.54, 1.807) is 32.2 Å². The molecule has 0 aliphatic carbocycles. The average Bonchev–Trinajstić information content (AvgIpc) is 2.70. The van der Waals surface area contributed by atoms with E-state index in [1.807, 2.05) is 36.4 Å². The molecule has 0 unspecified atom stereocenters. The first-order valence-electron chi connectivity index (χ1n) is 8.46. The maximum atomic E-state index is 12.4. The lowest BCUT2D eigenvalue weighted by molar-refractivity contribution is -0.385. The maximum Gasteiger partial charge on any atom is 0.313 e. The number of carbonyl (C=O) groups is 1. The van der Waals surface area contributed by atoms with E-state index in [4.69, 9.17) is 9.47 Å². The Balaban J connectivity index is 1.74. The molecule has 138 valence electrons. The van der Waals surface area contributed by atoms with Gasteiger partial charge in [0.15, 0.2) is 0 Å². The summed E-state index contributed by atoms with van der Waals surface area (Å²) in [4.78, 5) is 23.0. The third kappa shape index (κ3) is 4.06. The zero-order valence-corrected chi connectivity index (χ0v) is 15.0. The smallest absolute Gasteiger partial charge is 0.313 e. The number of ether oxygens (including phenoxy) is 2. The van der Waals surface area contributed by atoms with Gasteiger partial charge in [-0.05, 0) is 41.5 Å². The number of nitrogens with zero attached hydrogens (tertiary/aromatic N) is 1. The van der Waals surface area contributed by atoms with Gasteiger partial charge in [-0.3, -0.25) is 14.9 Å². The molecule has 6 nitrogen and oxygen atoms in total. The Labute approximate surface area is 156 Å². The Morgan fingerprint density at radius 1 is 1.07 bits per heavy atom. The van der Waals surface area contributed by atoms with Crippen LogP contribution in [0.2, 0.25) is 0 Å². The predicted octanol–water partition coefficient (Wildman–Crippen LogP) is 4.60. The lowest BCUT2D eigenvalue weighted by Gasteiger charge is -2.13. The van der Waals surface area contributed by atoms with E-state index in [-0.39, 0.29) is 12.3 Å². The van der Waals surface area contributed by atoms with Crippen LogP contribution < -0.4 is 4.74 Å². The maximum absolute atomic E-state index is 12.4. The molecule has 3 rings (SSSR count). The summed E-state index contributed by atoms with van der Waals surface area (Å²) in [5.41, 5.74) is 1.13. The number of rotatable bonds is 6. The molecule has 0 fully saturated rings. The van der Waals surface area contributed by atoms with Crippen molar-refractivity contribution in [3.63, 3.8) is 0 Å². The fourth-order valence-corrected chi connectivity index (χ4v) is 2.86.